The van der Waals surface area contributed by atoms with E-state index in [1.54, 1.807) is 0 Å². The van der Waals surface area contributed by atoms with E-state index in [-0.39, 0.29) is 17.9 Å². The number of amides is 2. The molecule has 0 saturated carbocycles. The lowest BCUT2D eigenvalue weighted by Crippen LogP contribution is -2.52. The van der Waals surface area contributed by atoms with Crippen LogP contribution in [0.3, 0.4) is 0 Å². The number of ether oxygens (including phenoxy) is 2. The van der Waals surface area contributed by atoms with E-state index < -0.39 is 0 Å². The first kappa shape index (κ1) is 18.7. The van der Waals surface area contributed by atoms with E-state index in [0.717, 1.165) is 12.8 Å². The summed E-state index contributed by atoms with van der Waals surface area (Å²) in [5.74, 6) is 0.698. The molecule has 1 aromatic carbocycles. The summed E-state index contributed by atoms with van der Waals surface area (Å²) in [5, 5.41) is 2.92. The first-order valence-electron chi connectivity index (χ1n) is 9.32. The molecule has 3 rings (SSSR count). The monoisotopic (exact) mass is 361 g/mol. The van der Waals surface area contributed by atoms with Gasteiger partial charge in [-0.1, -0.05) is 12.1 Å². The number of hydrogen-bond donors (Lipinski definition) is 1. The summed E-state index contributed by atoms with van der Waals surface area (Å²) in [5.41, 5.74) is 0.687. The molecule has 0 aromatic heterocycles. The molecule has 0 radical (unpaired) electrons. The van der Waals surface area contributed by atoms with Crippen LogP contribution in [0.25, 0.3) is 0 Å². The van der Waals surface area contributed by atoms with E-state index in [0.29, 0.717) is 57.4 Å². The van der Waals surface area contributed by atoms with Gasteiger partial charge < -0.3 is 19.7 Å². The van der Waals surface area contributed by atoms with Gasteiger partial charge in [-0.05, 0) is 31.9 Å². The molecule has 142 valence electrons. The molecule has 2 fully saturated rings. The lowest BCUT2D eigenvalue weighted by molar-refractivity contribution is -0.142. The van der Waals surface area contributed by atoms with E-state index in [1.165, 1.54) is 0 Å². The Kier molecular flexibility index (Phi) is 6.46. The van der Waals surface area contributed by atoms with Crippen LogP contribution in [0.2, 0.25) is 0 Å². The van der Waals surface area contributed by atoms with Gasteiger partial charge in [0.1, 0.15) is 11.9 Å². The zero-order chi connectivity index (χ0) is 18.4. The van der Waals surface area contributed by atoms with Gasteiger partial charge >= 0.3 is 0 Å². The molecule has 1 N–H and O–H groups in total. The van der Waals surface area contributed by atoms with Gasteiger partial charge in [-0.3, -0.25) is 14.5 Å². The second-order valence-corrected chi connectivity index (χ2v) is 6.58. The van der Waals surface area contributed by atoms with Crippen molar-refractivity contribution in [1.82, 2.24) is 9.80 Å². The number of anilines is 1. The summed E-state index contributed by atoms with van der Waals surface area (Å²) in [6, 6.07) is 7.42. The fourth-order valence-electron chi connectivity index (χ4n) is 3.35. The second kappa shape index (κ2) is 9.00. The molecule has 2 aliphatic rings. The van der Waals surface area contributed by atoms with Crippen LogP contribution in [-0.4, -0.2) is 73.7 Å². The quantitative estimate of drug-likeness (QED) is 0.828. The Morgan fingerprint density at radius 1 is 1.23 bits per heavy atom. The fourth-order valence-corrected chi connectivity index (χ4v) is 3.35. The number of benzene rings is 1. The van der Waals surface area contributed by atoms with Gasteiger partial charge in [-0.25, -0.2) is 0 Å². The van der Waals surface area contributed by atoms with E-state index in [2.05, 4.69) is 10.2 Å². The Labute approximate surface area is 154 Å². The van der Waals surface area contributed by atoms with E-state index >= 15 is 0 Å². The average Bonchev–Trinajstić information content (AvgIpc) is 3.18. The van der Waals surface area contributed by atoms with Crippen LogP contribution >= 0.6 is 0 Å². The van der Waals surface area contributed by atoms with Crippen LogP contribution in [0.4, 0.5) is 5.69 Å². The predicted molar refractivity (Wildman–Crippen MR) is 98.2 cm³/mol. The molecule has 1 aromatic rings. The van der Waals surface area contributed by atoms with Crippen LogP contribution in [0.1, 0.15) is 19.8 Å². The molecular weight excluding hydrogens is 334 g/mol. The largest absolute Gasteiger partial charge is 0.492 e. The molecule has 2 saturated heterocycles. The van der Waals surface area contributed by atoms with Crippen molar-refractivity contribution in [3.05, 3.63) is 24.3 Å². The first-order valence-corrected chi connectivity index (χ1v) is 9.32. The van der Waals surface area contributed by atoms with Gasteiger partial charge in [-0.15, -0.1) is 0 Å². The lowest BCUT2D eigenvalue weighted by Gasteiger charge is -2.35. The smallest absolute Gasteiger partial charge is 0.251 e. The zero-order valence-corrected chi connectivity index (χ0v) is 15.3. The molecule has 0 spiro atoms. The molecule has 0 unspecified atom stereocenters. The summed E-state index contributed by atoms with van der Waals surface area (Å²) >= 11 is 0. The highest BCUT2D eigenvalue weighted by Gasteiger charge is 2.30. The minimum absolute atomic E-state index is 0.0731. The third-order valence-corrected chi connectivity index (χ3v) is 4.72. The summed E-state index contributed by atoms with van der Waals surface area (Å²) < 4.78 is 11.0. The van der Waals surface area contributed by atoms with Crippen molar-refractivity contribution in [2.24, 2.45) is 0 Å². The molecule has 1 atom stereocenters. The molecule has 0 aliphatic carbocycles. The number of nitrogens with zero attached hydrogens (tertiary/aromatic N) is 2. The van der Waals surface area contributed by atoms with E-state index in [9.17, 15) is 9.59 Å². The predicted octanol–water partition coefficient (Wildman–Crippen LogP) is 1.35. The maximum absolute atomic E-state index is 12.4. The van der Waals surface area contributed by atoms with Crippen LogP contribution in [0.5, 0.6) is 5.75 Å². The van der Waals surface area contributed by atoms with Gasteiger partial charge in [0, 0.05) is 32.8 Å². The Morgan fingerprint density at radius 2 is 2.00 bits per heavy atom. The summed E-state index contributed by atoms with van der Waals surface area (Å²) in [6.45, 7) is 6.12. The van der Waals surface area contributed by atoms with Crippen molar-refractivity contribution >= 4 is 17.5 Å². The minimum atomic E-state index is -0.264. The average molecular weight is 361 g/mol. The third kappa shape index (κ3) is 4.74. The van der Waals surface area contributed by atoms with Crippen LogP contribution in [0.15, 0.2) is 24.3 Å². The van der Waals surface area contributed by atoms with Crippen LogP contribution in [0, 0.1) is 0 Å². The van der Waals surface area contributed by atoms with Crippen molar-refractivity contribution in [3.8, 4) is 5.75 Å². The van der Waals surface area contributed by atoms with Crippen molar-refractivity contribution < 1.29 is 19.1 Å². The number of nitrogens with one attached hydrogen (secondary N) is 1. The molecular formula is C19H27N3O4. The number of hydrogen-bond acceptors (Lipinski definition) is 5. The number of para-hydroxylation sites is 2. The van der Waals surface area contributed by atoms with Gasteiger partial charge in [0.2, 0.25) is 5.91 Å². The van der Waals surface area contributed by atoms with Crippen molar-refractivity contribution in [3.63, 3.8) is 0 Å². The molecule has 7 nitrogen and oxygen atoms in total. The van der Waals surface area contributed by atoms with Gasteiger partial charge in [-0.2, -0.15) is 0 Å². The molecule has 2 amide bonds. The highest BCUT2D eigenvalue weighted by atomic mass is 16.5. The Morgan fingerprint density at radius 3 is 2.69 bits per heavy atom. The highest BCUT2D eigenvalue weighted by Crippen LogP contribution is 2.23. The minimum Gasteiger partial charge on any atom is -0.492 e. The summed E-state index contributed by atoms with van der Waals surface area (Å²) in [6.07, 6.45) is 1.51. The molecule has 7 heteroatoms. The Balaban J connectivity index is 1.45. The van der Waals surface area contributed by atoms with Crippen molar-refractivity contribution in [1.29, 1.82) is 0 Å². The van der Waals surface area contributed by atoms with Crippen molar-refractivity contribution in [2.45, 2.75) is 25.9 Å². The van der Waals surface area contributed by atoms with Crippen LogP contribution in [-0.2, 0) is 14.3 Å². The van der Waals surface area contributed by atoms with Gasteiger partial charge in [0.15, 0.2) is 0 Å². The zero-order valence-electron chi connectivity index (χ0n) is 15.3. The topological polar surface area (TPSA) is 71.1 Å². The molecule has 2 heterocycles. The standard InChI is InChI=1S/C19H27N3O4/c1-2-25-16-7-4-3-6-15(16)20-18(23)14-21-9-11-22(12-10-21)19(24)17-8-5-13-26-17/h3-4,6-7,17H,2,5,8-14H2,1H3,(H,20,23)/t17-/m0/s1. The Bertz CT molecular complexity index is 623. The summed E-state index contributed by atoms with van der Waals surface area (Å²) in [7, 11) is 0. The third-order valence-electron chi connectivity index (χ3n) is 4.72. The highest BCUT2D eigenvalue weighted by molar-refractivity contribution is 5.93. The van der Waals surface area contributed by atoms with Gasteiger partial charge in [0.05, 0.1) is 18.8 Å². The molecule has 2 aliphatic heterocycles. The number of rotatable bonds is 6. The lowest BCUT2D eigenvalue weighted by atomic mass is 10.2. The maximum Gasteiger partial charge on any atom is 0.251 e. The van der Waals surface area contributed by atoms with E-state index in [1.807, 2.05) is 36.1 Å². The molecule has 26 heavy (non-hydrogen) atoms. The number of carbonyl (C=O) groups is 2. The first-order chi connectivity index (χ1) is 12.7. The SMILES string of the molecule is CCOc1ccccc1NC(=O)CN1CCN(C(=O)[C@@H]2CCCO2)CC1. The Hall–Kier alpha value is -2.12. The van der Waals surface area contributed by atoms with Gasteiger partial charge in [0.25, 0.3) is 5.91 Å². The second-order valence-electron chi connectivity index (χ2n) is 6.58. The van der Waals surface area contributed by atoms with E-state index in [4.69, 9.17) is 9.47 Å². The number of carbonyl (C=O) groups excluding carboxylic acids is 2. The maximum atomic E-state index is 12.4. The summed E-state index contributed by atoms with van der Waals surface area (Å²) in [4.78, 5) is 28.6. The molecule has 0 bridgehead atoms. The fraction of sp³-hybridized carbons (Fsp3) is 0.579. The van der Waals surface area contributed by atoms with Crippen LogP contribution < -0.4 is 10.1 Å². The van der Waals surface area contributed by atoms with Crippen molar-refractivity contribution in [2.75, 3.05) is 51.3 Å². The number of piperazine rings is 1. The normalized spacial score (nSPS) is 20.8.